The lowest BCUT2D eigenvalue weighted by atomic mass is 9.93. The number of allylic oxidation sites excluding steroid dienone is 2. The second kappa shape index (κ2) is 11.1. The van der Waals surface area contributed by atoms with Gasteiger partial charge in [-0.3, -0.25) is 4.99 Å². The average molecular weight is 578 g/mol. The molecule has 7 aromatic rings. The third-order valence-electron chi connectivity index (χ3n) is 9.03. The van der Waals surface area contributed by atoms with Gasteiger partial charge < -0.3 is 0 Å². The maximum absolute atomic E-state index is 4.78. The normalized spacial score (nSPS) is 12.7. The van der Waals surface area contributed by atoms with Gasteiger partial charge in [0, 0.05) is 29.7 Å². The highest BCUT2D eigenvalue weighted by Gasteiger charge is 2.12. The van der Waals surface area contributed by atoms with E-state index in [1.54, 1.807) is 0 Å². The van der Waals surface area contributed by atoms with Crippen LogP contribution >= 0.6 is 0 Å². The lowest BCUT2D eigenvalue weighted by Crippen LogP contribution is -1.96. The van der Waals surface area contributed by atoms with Gasteiger partial charge in [0.1, 0.15) is 0 Å². The number of benzene rings is 6. The number of aromatic nitrogens is 2. The molecule has 3 nitrogen and oxygen atoms in total. The molecule has 1 aliphatic heterocycles. The van der Waals surface area contributed by atoms with E-state index in [9.17, 15) is 0 Å². The van der Waals surface area contributed by atoms with E-state index < -0.39 is 0 Å². The molecule has 0 radical (unpaired) electrons. The van der Waals surface area contributed by atoms with E-state index in [4.69, 9.17) is 9.97 Å². The Morgan fingerprint density at radius 3 is 1.98 bits per heavy atom. The second-order valence-electron chi connectivity index (χ2n) is 11.7. The molecule has 0 amide bonds. The predicted molar refractivity (Wildman–Crippen MR) is 191 cm³/mol. The molecule has 0 saturated heterocycles. The molecule has 1 aromatic heterocycles. The summed E-state index contributed by atoms with van der Waals surface area (Å²) < 4.78 is 0. The van der Waals surface area contributed by atoms with Gasteiger partial charge in [0.25, 0.3) is 0 Å². The van der Waals surface area contributed by atoms with Crippen LogP contribution in [0.25, 0.3) is 66.5 Å². The third kappa shape index (κ3) is 4.83. The standard InChI is InChI=1S/C42H31N3/c1-27(13-14-30-17-20-32-8-7-23-43-41(32)28(30)2)29-15-18-31(19-16-29)34-25-44-42(45-26-34)33-21-22-39-37-11-4-3-9-35(37)36-10-5-6-12-38(36)40(39)24-33/h3-6,9-26H,1,7-8H2,2H3/b14-13-. The Labute approximate surface area is 263 Å². The van der Waals surface area contributed by atoms with Gasteiger partial charge in [0.05, 0.1) is 5.69 Å². The molecule has 0 unspecified atom stereocenters. The van der Waals surface area contributed by atoms with Gasteiger partial charge in [-0.05, 0) is 91.5 Å². The monoisotopic (exact) mass is 577 g/mol. The molecular formula is C42H31N3. The summed E-state index contributed by atoms with van der Waals surface area (Å²) in [7, 11) is 0. The van der Waals surface area contributed by atoms with Crippen molar-refractivity contribution in [2.24, 2.45) is 4.99 Å². The molecule has 3 heteroatoms. The first-order valence-corrected chi connectivity index (χ1v) is 15.4. The molecule has 2 heterocycles. The topological polar surface area (TPSA) is 38.1 Å². The zero-order valence-corrected chi connectivity index (χ0v) is 25.2. The van der Waals surface area contributed by atoms with Crippen LogP contribution in [0.1, 0.15) is 28.7 Å². The summed E-state index contributed by atoms with van der Waals surface area (Å²) in [6.07, 6.45) is 12.2. The summed E-state index contributed by atoms with van der Waals surface area (Å²) in [4.78, 5) is 14.2. The fourth-order valence-electron chi connectivity index (χ4n) is 6.55. The quantitative estimate of drug-likeness (QED) is 0.151. The van der Waals surface area contributed by atoms with E-state index >= 15 is 0 Å². The van der Waals surface area contributed by atoms with Gasteiger partial charge in [-0.15, -0.1) is 0 Å². The van der Waals surface area contributed by atoms with Crippen molar-refractivity contribution in [3.63, 3.8) is 0 Å². The van der Waals surface area contributed by atoms with Crippen LogP contribution in [0.15, 0.2) is 133 Å². The fraction of sp³-hybridized carbons (Fsp3) is 0.0714. The molecule has 0 spiro atoms. The molecule has 45 heavy (non-hydrogen) atoms. The molecule has 6 aromatic carbocycles. The van der Waals surface area contributed by atoms with E-state index in [0.29, 0.717) is 0 Å². The number of rotatable bonds is 5. The number of hydrogen-bond donors (Lipinski definition) is 0. The Balaban J connectivity index is 1.04. The summed E-state index contributed by atoms with van der Waals surface area (Å²) >= 11 is 0. The summed E-state index contributed by atoms with van der Waals surface area (Å²) in [6.45, 7) is 6.47. The Hall–Kier alpha value is -5.67. The van der Waals surface area contributed by atoms with Crippen molar-refractivity contribution in [1.82, 2.24) is 9.97 Å². The third-order valence-corrected chi connectivity index (χ3v) is 9.03. The minimum absolute atomic E-state index is 0.719. The number of aliphatic imine (C=N–C) groups is 1. The summed E-state index contributed by atoms with van der Waals surface area (Å²) in [5, 5.41) is 7.51. The Morgan fingerprint density at radius 2 is 1.29 bits per heavy atom. The molecule has 0 bridgehead atoms. The number of fused-ring (bicyclic) bond motifs is 7. The summed E-state index contributed by atoms with van der Waals surface area (Å²) in [5.74, 6) is 0.719. The van der Waals surface area contributed by atoms with E-state index in [-0.39, 0.29) is 0 Å². The van der Waals surface area contributed by atoms with Crippen LogP contribution in [0.3, 0.4) is 0 Å². The summed E-state index contributed by atoms with van der Waals surface area (Å²) in [6, 6.07) is 36.7. The number of hydrogen-bond acceptors (Lipinski definition) is 3. The van der Waals surface area contributed by atoms with Crippen molar-refractivity contribution in [3.05, 3.63) is 150 Å². The molecule has 214 valence electrons. The van der Waals surface area contributed by atoms with Crippen molar-refractivity contribution >= 4 is 55.9 Å². The first kappa shape index (κ1) is 26.9. The molecule has 0 aliphatic carbocycles. The maximum atomic E-state index is 4.78. The maximum Gasteiger partial charge on any atom is 0.159 e. The average Bonchev–Trinajstić information content (AvgIpc) is 3.11. The van der Waals surface area contributed by atoms with E-state index in [1.807, 2.05) is 18.6 Å². The van der Waals surface area contributed by atoms with E-state index in [0.717, 1.165) is 52.2 Å². The van der Waals surface area contributed by atoms with Crippen LogP contribution in [0.5, 0.6) is 0 Å². The molecule has 0 saturated carbocycles. The zero-order valence-electron chi connectivity index (χ0n) is 25.2. The fourth-order valence-corrected chi connectivity index (χ4v) is 6.55. The van der Waals surface area contributed by atoms with Crippen LogP contribution in [0.4, 0.5) is 5.69 Å². The predicted octanol–water partition coefficient (Wildman–Crippen LogP) is 11.0. The largest absolute Gasteiger partial charge is 0.261 e. The second-order valence-corrected chi connectivity index (χ2v) is 11.7. The van der Waals surface area contributed by atoms with Crippen molar-refractivity contribution in [1.29, 1.82) is 0 Å². The number of nitrogens with zero attached hydrogens (tertiary/aromatic N) is 3. The lowest BCUT2D eigenvalue weighted by Gasteiger charge is -2.14. The minimum atomic E-state index is 0.719. The summed E-state index contributed by atoms with van der Waals surface area (Å²) in [5.41, 5.74) is 9.95. The van der Waals surface area contributed by atoms with E-state index in [2.05, 4.69) is 134 Å². The molecule has 0 atom stereocenters. The lowest BCUT2D eigenvalue weighted by molar-refractivity contribution is 1.02. The molecule has 0 fully saturated rings. The van der Waals surface area contributed by atoms with Crippen molar-refractivity contribution in [2.75, 3.05) is 0 Å². The number of aryl methyl sites for hydroxylation is 1. The first-order valence-electron chi connectivity index (χ1n) is 15.4. The van der Waals surface area contributed by atoms with Gasteiger partial charge in [-0.1, -0.05) is 116 Å². The van der Waals surface area contributed by atoms with Crippen molar-refractivity contribution in [2.45, 2.75) is 19.8 Å². The molecule has 1 aliphatic rings. The highest BCUT2D eigenvalue weighted by Crippen LogP contribution is 2.37. The Kier molecular flexibility index (Phi) is 6.65. The minimum Gasteiger partial charge on any atom is -0.261 e. The zero-order chi connectivity index (χ0) is 30.3. The Morgan fingerprint density at radius 1 is 0.667 bits per heavy atom. The van der Waals surface area contributed by atoms with Gasteiger partial charge in [-0.2, -0.15) is 0 Å². The van der Waals surface area contributed by atoms with Crippen LogP contribution in [0, 0.1) is 6.92 Å². The van der Waals surface area contributed by atoms with Crippen LogP contribution < -0.4 is 0 Å². The van der Waals surface area contributed by atoms with Crippen molar-refractivity contribution < 1.29 is 0 Å². The van der Waals surface area contributed by atoms with Gasteiger partial charge >= 0.3 is 0 Å². The Bertz CT molecular complexity index is 2290. The smallest absolute Gasteiger partial charge is 0.159 e. The molecule has 0 N–H and O–H groups in total. The van der Waals surface area contributed by atoms with Gasteiger partial charge in [0.15, 0.2) is 5.82 Å². The van der Waals surface area contributed by atoms with Crippen molar-refractivity contribution in [3.8, 4) is 22.5 Å². The van der Waals surface area contributed by atoms with Crippen LogP contribution in [0.2, 0.25) is 0 Å². The molecule has 8 rings (SSSR count). The van der Waals surface area contributed by atoms with Gasteiger partial charge in [0.2, 0.25) is 0 Å². The van der Waals surface area contributed by atoms with Gasteiger partial charge in [-0.25, -0.2) is 9.97 Å². The van der Waals surface area contributed by atoms with Crippen LogP contribution in [-0.4, -0.2) is 16.2 Å². The SMILES string of the molecule is C=C(/C=C\c1ccc2c(c1C)N=CCC2)c1ccc(-c2cnc(-c3ccc4c5ccccc5c5ccccc5c4c3)nc2)cc1. The highest BCUT2D eigenvalue weighted by molar-refractivity contribution is 6.25. The highest BCUT2D eigenvalue weighted by atomic mass is 14.9. The van der Waals surface area contributed by atoms with Crippen LogP contribution in [-0.2, 0) is 6.42 Å². The first-order chi connectivity index (χ1) is 22.1. The molecular weight excluding hydrogens is 546 g/mol. The van der Waals surface area contributed by atoms with E-state index in [1.165, 1.54) is 49.0 Å².